The van der Waals surface area contributed by atoms with Crippen LogP contribution in [0.3, 0.4) is 0 Å². The van der Waals surface area contributed by atoms with Crippen LogP contribution in [0.25, 0.3) is 0 Å². The van der Waals surface area contributed by atoms with Crippen LogP contribution in [0.15, 0.2) is 30.3 Å². The summed E-state index contributed by atoms with van der Waals surface area (Å²) in [6.45, 7) is 20.4. The first-order chi connectivity index (χ1) is 13.1. The van der Waals surface area contributed by atoms with Gasteiger partial charge in [-0.15, -0.1) is 0 Å². The Labute approximate surface area is 177 Å². The molecule has 0 aromatic heterocycles. The fourth-order valence-corrected chi connectivity index (χ4v) is 3.56. The fraction of sp³-hybridized carbons (Fsp3) is 0.727. The molecule has 0 aliphatic carbocycles. The van der Waals surface area contributed by atoms with E-state index >= 15 is 0 Å². The van der Waals surface area contributed by atoms with Crippen LogP contribution in [0.5, 0.6) is 0 Å². The van der Waals surface area contributed by atoms with Crippen molar-refractivity contribution in [3.05, 3.63) is 35.9 Å². The molecule has 5 nitrogen and oxygen atoms in total. The molecule has 160 valence electrons. The van der Waals surface area contributed by atoms with Crippen LogP contribution in [0.2, 0.25) is 0 Å². The standard InChI is InChI=1S/C22H36B2O5/c1-16(17-14-12-11-13-15-17)22(10,23-25-18(2,3)19(4,5)26-23)29-24-27-20(6,7)21(8,9)28-24/h11-16H,1-10H3. The largest absolute Gasteiger partial charge is 0.640 e. The van der Waals surface area contributed by atoms with Gasteiger partial charge in [0, 0.05) is 5.92 Å². The first-order valence-corrected chi connectivity index (χ1v) is 10.6. The summed E-state index contributed by atoms with van der Waals surface area (Å²) in [5.74, 6) is -0.0302. The van der Waals surface area contributed by atoms with Gasteiger partial charge in [0.2, 0.25) is 0 Å². The molecule has 7 heteroatoms. The summed E-state index contributed by atoms with van der Waals surface area (Å²) in [5, 5.41) is 0. The first-order valence-electron chi connectivity index (χ1n) is 10.6. The van der Waals surface area contributed by atoms with E-state index in [-0.39, 0.29) is 5.92 Å². The molecule has 0 saturated carbocycles. The van der Waals surface area contributed by atoms with E-state index in [1.165, 1.54) is 0 Å². The van der Waals surface area contributed by atoms with Gasteiger partial charge >= 0.3 is 14.4 Å². The second-order valence-electron chi connectivity index (χ2n) is 10.6. The van der Waals surface area contributed by atoms with Crippen LogP contribution in [0.4, 0.5) is 0 Å². The van der Waals surface area contributed by atoms with Crippen LogP contribution >= 0.6 is 0 Å². The maximum atomic E-state index is 6.56. The Morgan fingerprint density at radius 2 is 1.17 bits per heavy atom. The second-order valence-corrected chi connectivity index (χ2v) is 10.6. The van der Waals surface area contributed by atoms with Crippen molar-refractivity contribution in [2.75, 3.05) is 0 Å². The van der Waals surface area contributed by atoms with Crippen molar-refractivity contribution >= 4 is 14.4 Å². The average molecular weight is 402 g/mol. The van der Waals surface area contributed by atoms with Crippen LogP contribution in [-0.2, 0) is 23.3 Å². The highest BCUT2D eigenvalue weighted by molar-refractivity contribution is 6.51. The Bertz CT molecular complexity index is 702. The molecule has 2 heterocycles. The third-order valence-electron chi connectivity index (χ3n) is 7.46. The van der Waals surface area contributed by atoms with Crippen molar-refractivity contribution in [1.82, 2.24) is 0 Å². The fourth-order valence-electron chi connectivity index (χ4n) is 3.56. The third-order valence-corrected chi connectivity index (χ3v) is 7.46. The van der Waals surface area contributed by atoms with E-state index < -0.39 is 42.3 Å². The third kappa shape index (κ3) is 3.92. The molecule has 2 aliphatic heterocycles. The lowest BCUT2D eigenvalue weighted by Crippen LogP contribution is -2.55. The zero-order valence-corrected chi connectivity index (χ0v) is 19.7. The normalized spacial score (nSPS) is 27.7. The summed E-state index contributed by atoms with van der Waals surface area (Å²) in [4.78, 5) is 0. The first kappa shape index (κ1) is 22.8. The van der Waals surface area contributed by atoms with Gasteiger partial charge < -0.3 is 23.3 Å². The number of rotatable bonds is 5. The van der Waals surface area contributed by atoms with Gasteiger partial charge in [-0.25, -0.2) is 0 Å². The van der Waals surface area contributed by atoms with Crippen LogP contribution < -0.4 is 0 Å². The summed E-state index contributed by atoms with van der Waals surface area (Å²) >= 11 is 0. The van der Waals surface area contributed by atoms with Crippen LogP contribution in [0.1, 0.15) is 80.7 Å². The van der Waals surface area contributed by atoms with E-state index in [1.54, 1.807) is 0 Å². The van der Waals surface area contributed by atoms with Gasteiger partial charge in [0.15, 0.2) is 0 Å². The molecule has 2 unspecified atom stereocenters. The quantitative estimate of drug-likeness (QED) is 0.664. The van der Waals surface area contributed by atoms with E-state index in [9.17, 15) is 0 Å². The molecule has 0 radical (unpaired) electrons. The van der Waals surface area contributed by atoms with Crippen molar-refractivity contribution < 1.29 is 23.3 Å². The van der Waals surface area contributed by atoms with Crippen molar-refractivity contribution in [1.29, 1.82) is 0 Å². The Morgan fingerprint density at radius 1 is 0.759 bits per heavy atom. The zero-order chi connectivity index (χ0) is 21.9. The van der Waals surface area contributed by atoms with E-state index in [2.05, 4.69) is 46.8 Å². The lowest BCUT2D eigenvalue weighted by Gasteiger charge is -2.38. The smallest absolute Gasteiger partial charge is 0.401 e. The highest BCUT2D eigenvalue weighted by Crippen LogP contribution is 2.46. The summed E-state index contributed by atoms with van der Waals surface area (Å²) in [6, 6.07) is 10.3. The predicted octanol–water partition coefficient (Wildman–Crippen LogP) is 4.79. The van der Waals surface area contributed by atoms with E-state index in [4.69, 9.17) is 23.3 Å². The molecule has 29 heavy (non-hydrogen) atoms. The predicted molar refractivity (Wildman–Crippen MR) is 117 cm³/mol. The van der Waals surface area contributed by atoms with Crippen LogP contribution in [0, 0.1) is 0 Å². The van der Waals surface area contributed by atoms with Crippen molar-refractivity contribution in [3.8, 4) is 0 Å². The van der Waals surface area contributed by atoms with E-state index in [0.29, 0.717) is 0 Å². The monoisotopic (exact) mass is 402 g/mol. The molecule has 0 bridgehead atoms. The molecule has 1 aromatic carbocycles. The molecule has 0 amide bonds. The summed E-state index contributed by atoms with van der Waals surface area (Å²) < 4.78 is 31.7. The highest BCUT2D eigenvalue weighted by atomic mass is 16.8. The highest BCUT2D eigenvalue weighted by Gasteiger charge is 2.63. The summed E-state index contributed by atoms with van der Waals surface area (Å²) in [7, 11) is -1.39. The zero-order valence-electron chi connectivity index (χ0n) is 19.7. The molecule has 1 aromatic rings. The summed E-state index contributed by atoms with van der Waals surface area (Å²) in [5.41, 5.74) is -1.59. The molecule has 2 atom stereocenters. The SMILES string of the molecule is CC(c1ccccc1)C(C)(OB1OC(C)(C)C(C)(C)O1)B1OC(C)(C)C(C)(C)O1. The molecule has 0 spiro atoms. The number of hydrogen-bond donors (Lipinski definition) is 0. The van der Waals surface area contributed by atoms with Crippen molar-refractivity contribution in [2.45, 2.75) is 103 Å². The van der Waals surface area contributed by atoms with Gasteiger partial charge in [-0.2, -0.15) is 0 Å². The minimum Gasteiger partial charge on any atom is -0.401 e. The molecular weight excluding hydrogens is 366 g/mol. The summed E-state index contributed by atoms with van der Waals surface area (Å²) in [6.07, 6.45) is 0. The second kappa shape index (κ2) is 7.10. The van der Waals surface area contributed by atoms with Crippen molar-refractivity contribution in [3.63, 3.8) is 0 Å². The minimum atomic E-state index is -0.840. The lowest BCUT2D eigenvalue weighted by atomic mass is 9.59. The van der Waals surface area contributed by atoms with Gasteiger partial charge in [0.05, 0.1) is 27.9 Å². The Morgan fingerprint density at radius 3 is 1.62 bits per heavy atom. The van der Waals surface area contributed by atoms with Gasteiger partial charge in [-0.05, 0) is 67.9 Å². The topological polar surface area (TPSA) is 46.2 Å². The Hall–Kier alpha value is -0.850. The van der Waals surface area contributed by atoms with Gasteiger partial charge in [-0.3, -0.25) is 0 Å². The molecule has 3 rings (SSSR count). The van der Waals surface area contributed by atoms with E-state index in [1.807, 2.05) is 52.8 Å². The number of hydrogen-bond acceptors (Lipinski definition) is 5. The maximum absolute atomic E-state index is 6.56. The van der Waals surface area contributed by atoms with E-state index in [0.717, 1.165) is 5.56 Å². The molecular formula is C22H36B2O5. The molecule has 2 aliphatic rings. The maximum Gasteiger partial charge on any atom is 0.640 e. The number of benzene rings is 1. The van der Waals surface area contributed by atoms with Gasteiger partial charge in [0.25, 0.3) is 0 Å². The molecule has 0 N–H and O–H groups in total. The van der Waals surface area contributed by atoms with Gasteiger partial charge in [0.1, 0.15) is 0 Å². The minimum absolute atomic E-state index is 0.0302. The van der Waals surface area contributed by atoms with Crippen LogP contribution in [-0.4, -0.2) is 42.3 Å². The van der Waals surface area contributed by atoms with Crippen molar-refractivity contribution in [2.24, 2.45) is 0 Å². The molecule has 2 saturated heterocycles. The Balaban J connectivity index is 1.95. The van der Waals surface area contributed by atoms with Gasteiger partial charge in [-0.1, -0.05) is 37.3 Å². The Kier molecular flexibility index (Phi) is 5.59. The molecule has 2 fully saturated rings. The lowest BCUT2D eigenvalue weighted by molar-refractivity contribution is 0.00578. The average Bonchev–Trinajstić information content (AvgIpc) is 2.94.